The fourth-order valence-electron chi connectivity index (χ4n) is 1.11. The Hall–Kier alpha value is -1.20. The molecule has 0 bridgehead atoms. The lowest BCUT2D eigenvalue weighted by molar-refractivity contribution is -0.138. The van der Waals surface area contributed by atoms with E-state index in [4.69, 9.17) is 16.6 Å². The number of hydrogen-bond donors (Lipinski definition) is 3. The number of carbonyl (C=O) groups is 2. The van der Waals surface area contributed by atoms with Gasteiger partial charge in [-0.05, 0) is 32.3 Å². The molecule has 5 heteroatoms. The molecule has 0 saturated heterocycles. The molecule has 0 aromatic carbocycles. The van der Waals surface area contributed by atoms with Crippen LogP contribution in [-0.2, 0) is 9.59 Å². The highest BCUT2D eigenvalue weighted by Crippen LogP contribution is 2.03. The van der Waals surface area contributed by atoms with Crippen LogP contribution in [0, 0.1) is 0 Å². The number of aliphatic carboxylic acids is 1. The minimum atomic E-state index is -1.02. The van der Waals surface area contributed by atoms with E-state index in [9.17, 15) is 9.59 Å². The van der Waals surface area contributed by atoms with E-state index in [0.29, 0.717) is 19.3 Å². The van der Waals surface area contributed by atoms with Gasteiger partial charge in [-0.2, -0.15) is 0 Å². The van der Waals surface area contributed by atoms with Gasteiger partial charge in [-0.25, -0.2) is 0 Å². The maximum atomic E-state index is 11.2. The predicted octanol–water partition coefficient (Wildman–Crippen LogP) is 0.0411. The largest absolute Gasteiger partial charge is 0.480 e. The minimum Gasteiger partial charge on any atom is -0.480 e. The highest BCUT2D eigenvalue weighted by Gasteiger charge is 2.14. The Morgan fingerprint density at radius 1 is 1.27 bits per heavy atom. The van der Waals surface area contributed by atoms with Crippen molar-refractivity contribution in [2.75, 3.05) is 0 Å². The monoisotopic (exact) mass is 214 g/mol. The van der Waals surface area contributed by atoms with Crippen LogP contribution in [0.5, 0.6) is 0 Å². The van der Waals surface area contributed by atoms with Crippen LogP contribution in [0.1, 0.15) is 26.2 Å². The topological polar surface area (TPSA) is 106 Å². The van der Waals surface area contributed by atoms with E-state index in [0.717, 1.165) is 0 Å². The quantitative estimate of drug-likeness (QED) is 0.519. The van der Waals surface area contributed by atoms with Crippen molar-refractivity contribution in [3.63, 3.8) is 0 Å². The van der Waals surface area contributed by atoms with Crippen molar-refractivity contribution in [1.29, 1.82) is 0 Å². The third kappa shape index (κ3) is 5.98. The number of carboxylic acid groups (broad SMARTS) is 1. The first-order chi connectivity index (χ1) is 6.99. The van der Waals surface area contributed by atoms with Crippen molar-refractivity contribution in [3.8, 4) is 0 Å². The Kier molecular flexibility index (Phi) is 6.57. The summed E-state index contributed by atoms with van der Waals surface area (Å²) in [5, 5.41) is 8.51. The number of hydrogen-bond acceptors (Lipinski definition) is 4. The minimum absolute atomic E-state index is 0.138. The van der Waals surface area contributed by atoms with Gasteiger partial charge >= 0.3 is 5.97 Å². The van der Waals surface area contributed by atoms with Crippen molar-refractivity contribution < 1.29 is 14.7 Å². The molecule has 2 atom stereocenters. The Bertz CT molecular complexity index is 251. The van der Waals surface area contributed by atoms with Crippen LogP contribution in [0.2, 0.25) is 0 Å². The number of ketones is 1. The Morgan fingerprint density at radius 3 is 2.27 bits per heavy atom. The van der Waals surface area contributed by atoms with Gasteiger partial charge in [0, 0.05) is 0 Å². The second-order valence-corrected chi connectivity index (χ2v) is 3.38. The van der Waals surface area contributed by atoms with Gasteiger partial charge in [-0.15, -0.1) is 0 Å². The second-order valence-electron chi connectivity index (χ2n) is 3.38. The highest BCUT2D eigenvalue weighted by atomic mass is 16.4. The predicted molar refractivity (Wildman–Crippen MR) is 57.3 cm³/mol. The summed E-state index contributed by atoms with van der Waals surface area (Å²) in [5.41, 5.74) is 10.9. The molecule has 5 N–H and O–H groups in total. The van der Waals surface area contributed by atoms with Crippen LogP contribution in [0.25, 0.3) is 0 Å². The van der Waals surface area contributed by atoms with Crippen molar-refractivity contribution >= 4 is 11.8 Å². The summed E-state index contributed by atoms with van der Waals surface area (Å²) >= 11 is 0. The third-order valence-corrected chi connectivity index (χ3v) is 2.04. The number of carbonyl (C=O) groups excluding carboxylic acids is 1. The molecule has 86 valence electrons. The summed E-state index contributed by atoms with van der Waals surface area (Å²) in [4.78, 5) is 21.6. The van der Waals surface area contributed by atoms with Crippen LogP contribution >= 0.6 is 0 Å². The van der Waals surface area contributed by atoms with Gasteiger partial charge in [0.1, 0.15) is 6.04 Å². The summed E-state index contributed by atoms with van der Waals surface area (Å²) in [5.74, 6) is -1.16. The van der Waals surface area contributed by atoms with Gasteiger partial charge in [0.25, 0.3) is 0 Å². The summed E-state index contributed by atoms with van der Waals surface area (Å²) in [6, 6.07) is -1.42. The summed E-state index contributed by atoms with van der Waals surface area (Å²) in [6.07, 6.45) is 4.39. The van der Waals surface area contributed by atoms with Crippen molar-refractivity contribution in [1.82, 2.24) is 0 Å². The molecule has 0 heterocycles. The molecule has 0 aromatic heterocycles. The van der Waals surface area contributed by atoms with E-state index in [1.54, 1.807) is 13.0 Å². The maximum absolute atomic E-state index is 11.2. The molecule has 0 aromatic rings. The number of allylic oxidation sites excluding steroid dienone is 1. The molecule has 0 aliphatic heterocycles. The third-order valence-electron chi connectivity index (χ3n) is 2.04. The van der Waals surface area contributed by atoms with Gasteiger partial charge < -0.3 is 16.6 Å². The molecule has 0 spiro atoms. The molecular formula is C10H18N2O3. The van der Waals surface area contributed by atoms with E-state index in [2.05, 4.69) is 0 Å². The van der Waals surface area contributed by atoms with Gasteiger partial charge in [0.05, 0.1) is 6.04 Å². The standard InChI is InChI=1S/C10H18N2O3/c1-2-4-9(13)7(11)5-3-6-8(12)10(14)15/h2,4,7-8H,3,5-6,11-12H2,1H3,(H,14,15)/b4-2+/t7?,8-/m0/s1. The summed E-state index contributed by atoms with van der Waals surface area (Å²) in [7, 11) is 0. The second kappa shape index (κ2) is 7.14. The Balaban J connectivity index is 3.77. The molecule has 0 amide bonds. The lowest BCUT2D eigenvalue weighted by Gasteiger charge is -2.09. The zero-order chi connectivity index (χ0) is 11.8. The van der Waals surface area contributed by atoms with E-state index in [1.807, 2.05) is 0 Å². The van der Waals surface area contributed by atoms with E-state index in [-0.39, 0.29) is 5.78 Å². The number of carboxylic acids is 1. The van der Waals surface area contributed by atoms with Gasteiger partial charge in [-0.1, -0.05) is 6.08 Å². The molecule has 0 radical (unpaired) electrons. The fraction of sp³-hybridized carbons (Fsp3) is 0.600. The van der Waals surface area contributed by atoms with Gasteiger partial charge in [-0.3, -0.25) is 9.59 Å². The molecule has 0 aliphatic rings. The first-order valence-corrected chi connectivity index (χ1v) is 4.89. The first kappa shape index (κ1) is 13.8. The fourth-order valence-corrected chi connectivity index (χ4v) is 1.11. The molecular weight excluding hydrogens is 196 g/mol. The lowest BCUT2D eigenvalue weighted by Crippen LogP contribution is -2.32. The molecule has 1 unspecified atom stereocenters. The normalized spacial score (nSPS) is 15.1. The van der Waals surface area contributed by atoms with E-state index < -0.39 is 18.1 Å². The summed E-state index contributed by atoms with van der Waals surface area (Å²) < 4.78 is 0. The molecule has 15 heavy (non-hydrogen) atoms. The van der Waals surface area contributed by atoms with Gasteiger partial charge in [0.15, 0.2) is 5.78 Å². The zero-order valence-corrected chi connectivity index (χ0v) is 8.85. The molecule has 0 fully saturated rings. The van der Waals surface area contributed by atoms with Crippen LogP contribution in [0.15, 0.2) is 12.2 Å². The number of nitrogens with two attached hydrogens (primary N) is 2. The van der Waals surface area contributed by atoms with Crippen molar-refractivity contribution in [2.24, 2.45) is 11.5 Å². The molecule has 0 aliphatic carbocycles. The number of rotatable bonds is 7. The first-order valence-electron chi connectivity index (χ1n) is 4.89. The van der Waals surface area contributed by atoms with Crippen LogP contribution in [0.4, 0.5) is 0 Å². The van der Waals surface area contributed by atoms with Crippen molar-refractivity contribution in [2.45, 2.75) is 38.3 Å². The van der Waals surface area contributed by atoms with E-state index >= 15 is 0 Å². The Labute approximate surface area is 89.1 Å². The average molecular weight is 214 g/mol. The van der Waals surface area contributed by atoms with E-state index in [1.165, 1.54) is 6.08 Å². The molecule has 0 rings (SSSR count). The van der Waals surface area contributed by atoms with Crippen molar-refractivity contribution in [3.05, 3.63) is 12.2 Å². The lowest BCUT2D eigenvalue weighted by atomic mass is 10.0. The van der Waals surface area contributed by atoms with Gasteiger partial charge in [0.2, 0.25) is 0 Å². The Morgan fingerprint density at radius 2 is 1.80 bits per heavy atom. The maximum Gasteiger partial charge on any atom is 0.320 e. The van der Waals surface area contributed by atoms with Crippen LogP contribution < -0.4 is 11.5 Å². The van der Waals surface area contributed by atoms with Crippen LogP contribution in [0.3, 0.4) is 0 Å². The van der Waals surface area contributed by atoms with Crippen LogP contribution in [-0.4, -0.2) is 28.9 Å². The molecule has 0 saturated carbocycles. The SMILES string of the molecule is C/C=C/C(=O)C(N)CCC[C@H](N)C(=O)O. The zero-order valence-electron chi connectivity index (χ0n) is 8.85. The summed E-state index contributed by atoms with van der Waals surface area (Å²) in [6.45, 7) is 1.74. The average Bonchev–Trinajstić information content (AvgIpc) is 2.17. The molecule has 5 nitrogen and oxygen atoms in total. The highest BCUT2D eigenvalue weighted by molar-refractivity contribution is 5.93. The smallest absolute Gasteiger partial charge is 0.320 e.